The molecule has 0 bridgehead atoms. The molecule has 0 amide bonds. The molecule has 1 aromatic rings. The summed E-state index contributed by atoms with van der Waals surface area (Å²) in [5.74, 6) is 0.794. The van der Waals surface area contributed by atoms with E-state index in [4.69, 9.17) is 0 Å². The lowest BCUT2D eigenvalue weighted by Crippen LogP contribution is -2.15. The maximum Gasteiger partial charge on any atom is 0.124 e. The Hall–Kier alpha value is -0.410. The van der Waals surface area contributed by atoms with Crippen molar-refractivity contribution in [1.29, 1.82) is 0 Å². The number of benzene rings is 1. The molecular weight excluding hydrogens is 293 g/mol. The summed E-state index contributed by atoms with van der Waals surface area (Å²) in [6, 6.07) is 5.05. The zero-order chi connectivity index (χ0) is 12.8. The molecule has 0 spiro atoms. The van der Waals surface area contributed by atoms with Crippen LogP contribution in [0.1, 0.15) is 44.1 Å². The van der Waals surface area contributed by atoms with E-state index < -0.39 is 0 Å². The van der Waals surface area contributed by atoms with E-state index in [1.807, 2.05) is 6.07 Å². The number of rotatable bonds is 6. The van der Waals surface area contributed by atoms with Gasteiger partial charge in [0.15, 0.2) is 0 Å². The number of hydrogen-bond donors (Lipinski definition) is 1. The van der Waals surface area contributed by atoms with Gasteiger partial charge in [0.05, 0.1) is 0 Å². The Kier molecular flexibility index (Phi) is 5.64. The normalized spacial score (nSPS) is 16.3. The summed E-state index contributed by atoms with van der Waals surface area (Å²) in [4.78, 5) is 0. The molecule has 0 heterocycles. The van der Waals surface area contributed by atoms with Crippen molar-refractivity contribution in [2.75, 3.05) is 6.54 Å². The van der Waals surface area contributed by atoms with Crippen LogP contribution in [0, 0.1) is 11.7 Å². The number of nitrogens with one attached hydrogen (secondary N) is 1. The van der Waals surface area contributed by atoms with Crippen molar-refractivity contribution < 1.29 is 4.39 Å². The largest absolute Gasteiger partial charge is 0.313 e. The Morgan fingerprint density at radius 2 is 2.00 bits per heavy atom. The van der Waals surface area contributed by atoms with E-state index in [1.54, 1.807) is 6.07 Å². The van der Waals surface area contributed by atoms with Crippen LogP contribution in [0.5, 0.6) is 0 Å². The Labute approximate surface area is 117 Å². The summed E-state index contributed by atoms with van der Waals surface area (Å²) in [6.45, 7) is 1.78. The predicted molar refractivity (Wildman–Crippen MR) is 77.0 cm³/mol. The molecule has 1 fully saturated rings. The quantitative estimate of drug-likeness (QED) is 0.754. The first-order chi connectivity index (χ1) is 8.74. The van der Waals surface area contributed by atoms with Gasteiger partial charge in [0.2, 0.25) is 0 Å². The van der Waals surface area contributed by atoms with Crippen LogP contribution in [0.15, 0.2) is 22.7 Å². The van der Waals surface area contributed by atoms with Gasteiger partial charge in [-0.2, -0.15) is 0 Å². The second kappa shape index (κ2) is 7.25. The first-order valence-corrected chi connectivity index (χ1v) is 7.69. The van der Waals surface area contributed by atoms with Crippen LogP contribution >= 0.6 is 15.9 Å². The highest BCUT2D eigenvalue weighted by atomic mass is 79.9. The van der Waals surface area contributed by atoms with Gasteiger partial charge in [-0.15, -0.1) is 0 Å². The Morgan fingerprint density at radius 1 is 1.22 bits per heavy atom. The maximum absolute atomic E-state index is 13.1. The third-order valence-corrected chi connectivity index (χ3v) is 4.15. The zero-order valence-electron chi connectivity index (χ0n) is 10.7. The zero-order valence-corrected chi connectivity index (χ0v) is 12.3. The molecule has 18 heavy (non-hydrogen) atoms. The second-order valence-electron chi connectivity index (χ2n) is 5.25. The van der Waals surface area contributed by atoms with Gasteiger partial charge in [-0.1, -0.05) is 41.6 Å². The molecule has 1 aliphatic rings. The van der Waals surface area contributed by atoms with E-state index in [1.165, 1.54) is 44.6 Å². The Balaban J connectivity index is 1.62. The average molecular weight is 314 g/mol. The fourth-order valence-electron chi connectivity index (χ4n) is 2.76. The molecule has 0 atom stereocenters. The first kappa shape index (κ1) is 14.0. The van der Waals surface area contributed by atoms with Gasteiger partial charge >= 0.3 is 0 Å². The molecule has 100 valence electrons. The van der Waals surface area contributed by atoms with Crippen LogP contribution in [-0.4, -0.2) is 6.54 Å². The van der Waals surface area contributed by atoms with Gasteiger partial charge in [-0.3, -0.25) is 0 Å². The van der Waals surface area contributed by atoms with E-state index in [9.17, 15) is 4.39 Å². The summed E-state index contributed by atoms with van der Waals surface area (Å²) in [7, 11) is 0. The van der Waals surface area contributed by atoms with Crippen LogP contribution in [0.3, 0.4) is 0 Å². The standard InChI is InChI=1S/C15H21BrFN/c16-14-8-13(9-15(17)10-14)11-18-7-3-6-12-4-1-2-5-12/h8-10,12,18H,1-7,11H2. The molecule has 0 saturated heterocycles. The summed E-state index contributed by atoms with van der Waals surface area (Å²) >= 11 is 3.31. The molecule has 3 heteroatoms. The number of hydrogen-bond acceptors (Lipinski definition) is 1. The highest BCUT2D eigenvalue weighted by Crippen LogP contribution is 2.28. The minimum absolute atomic E-state index is 0.174. The summed E-state index contributed by atoms with van der Waals surface area (Å²) in [5, 5.41) is 3.39. The lowest BCUT2D eigenvalue weighted by molar-refractivity contribution is 0.470. The molecule has 0 unspecified atom stereocenters. The third-order valence-electron chi connectivity index (χ3n) is 3.69. The highest BCUT2D eigenvalue weighted by molar-refractivity contribution is 9.10. The summed E-state index contributed by atoms with van der Waals surface area (Å²) in [5.41, 5.74) is 1.00. The van der Waals surface area contributed by atoms with Crippen LogP contribution in [0.2, 0.25) is 0 Å². The Bertz CT molecular complexity index is 355. The van der Waals surface area contributed by atoms with Gasteiger partial charge in [0, 0.05) is 11.0 Å². The molecule has 1 N–H and O–H groups in total. The van der Waals surface area contributed by atoms with Crippen molar-refractivity contribution in [1.82, 2.24) is 5.32 Å². The van der Waals surface area contributed by atoms with Gasteiger partial charge < -0.3 is 5.32 Å². The summed E-state index contributed by atoms with van der Waals surface area (Å²) < 4.78 is 14.0. The Morgan fingerprint density at radius 3 is 2.72 bits per heavy atom. The van der Waals surface area contributed by atoms with Gasteiger partial charge in [0.1, 0.15) is 5.82 Å². The van der Waals surface area contributed by atoms with Gasteiger partial charge in [0.25, 0.3) is 0 Å². The fourth-order valence-corrected chi connectivity index (χ4v) is 3.27. The van der Waals surface area contributed by atoms with Crippen LogP contribution in [-0.2, 0) is 6.54 Å². The monoisotopic (exact) mass is 313 g/mol. The molecule has 0 aromatic heterocycles. The molecule has 0 aliphatic heterocycles. The van der Waals surface area contributed by atoms with E-state index in [0.717, 1.165) is 29.0 Å². The van der Waals surface area contributed by atoms with E-state index in [2.05, 4.69) is 21.2 Å². The molecule has 1 aliphatic carbocycles. The van der Waals surface area contributed by atoms with E-state index in [-0.39, 0.29) is 5.82 Å². The van der Waals surface area contributed by atoms with E-state index >= 15 is 0 Å². The lowest BCUT2D eigenvalue weighted by atomic mass is 10.0. The van der Waals surface area contributed by atoms with Crippen molar-refractivity contribution in [3.8, 4) is 0 Å². The predicted octanol–water partition coefficient (Wildman–Crippen LogP) is 4.65. The van der Waals surface area contributed by atoms with Gasteiger partial charge in [-0.05, 0) is 49.1 Å². The molecular formula is C15H21BrFN. The van der Waals surface area contributed by atoms with Crippen LogP contribution in [0.4, 0.5) is 4.39 Å². The second-order valence-corrected chi connectivity index (χ2v) is 6.16. The van der Waals surface area contributed by atoms with Crippen LogP contribution < -0.4 is 5.32 Å². The summed E-state index contributed by atoms with van der Waals surface area (Å²) in [6.07, 6.45) is 8.29. The molecule has 1 aromatic carbocycles. The topological polar surface area (TPSA) is 12.0 Å². The lowest BCUT2D eigenvalue weighted by Gasteiger charge is -2.09. The van der Waals surface area contributed by atoms with Crippen molar-refractivity contribution in [2.24, 2.45) is 5.92 Å². The molecule has 2 rings (SSSR count). The first-order valence-electron chi connectivity index (χ1n) is 6.90. The number of halogens is 2. The van der Waals surface area contributed by atoms with Gasteiger partial charge in [-0.25, -0.2) is 4.39 Å². The van der Waals surface area contributed by atoms with Crippen molar-refractivity contribution in [2.45, 2.75) is 45.1 Å². The van der Waals surface area contributed by atoms with Crippen molar-refractivity contribution in [3.05, 3.63) is 34.1 Å². The fraction of sp³-hybridized carbons (Fsp3) is 0.600. The minimum Gasteiger partial charge on any atom is -0.313 e. The molecule has 0 radical (unpaired) electrons. The maximum atomic E-state index is 13.1. The minimum atomic E-state index is -0.174. The SMILES string of the molecule is Fc1cc(Br)cc(CNCCCC2CCCC2)c1. The molecule has 1 nitrogen and oxygen atoms in total. The van der Waals surface area contributed by atoms with E-state index in [0.29, 0.717) is 0 Å². The van der Waals surface area contributed by atoms with Crippen molar-refractivity contribution >= 4 is 15.9 Å². The third kappa shape index (κ3) is 4.69. The van der Waals surface area contributed by atoms with Crippen molar-refractivity contribution in [3.63, 3.8) is 0 Å². The molecule has 1 saturated carbocycles. The average Bonchev–Trinajstić information content (AvgIpc) is 2.80. The smallest absolute Gasteiger partial charge is 0.124 e. The van der Waals surface area contributed by atoms with Crippen LogP contribution in [0.25, 0.3) is 0 Å². The highest BCUT2D eigenvalue weighted by Gasteiger charge is 2.13.